The minimum Gasteiger partial charge on any atom is -0.491 e. The molecule has 0 amide bonds. The van der Waals surface area contributed by atoms with Gasteiger partial charge in [0.1, 0.15) is 5.75 Å². The van der Waals surface area contributed by atoms with Gasteiger partial charge in [-0.25, -0.2) is 0 Å². The van der Waals surface area contributed by atoms with Crippen LogP contribution < -0.4 is 10.1 Å². The maximum atomic E-state index is 5.91. The first-order valence-corrected chi connectivity index (χ1v) is 7.91. The van der Waals surface area contributed by atoms with Crippen LogP contribution in [0.5, 0.6) is 5.75 Å². The number of ether oxygens (including phenoxy) is 1. The van der Waals surface area contributed by atoms with Gasteiger partial charge in [-0.3, -0.25) is 0 Å². The lowest BCUT2D eigenvalue weighted by atomic mass is 10.0. The van der Waals surface area contributed by atoms with E-state index >= 15 is 0 Å². The molecule has 0 spiro atoms. The molecular weight excluding hydrogens is 322 g/mol. The number of benzene rings is 1. The van der Waals surface area contributed by atoms with Crippen LogP contribution >= 0.6 is 27.3 Å². The molecule has 0 fully saturated rings. The summed E-state index contributed by atoms with van der Waals surface area (Å²) in [6.45, 7) is 4.10. The molecule has 4 heteroatoms. The Bertz CT molecular complexity index is 538. The lowest BCUT2D eigenvalue weighted by molar-refractivity contribution is 0.239. The second kappa shape index (κ2) is 6.55. The first-order chi connectivity index (χ1) is 9.11. The van der Waals surface area contributed by atoms with E-state index in [0.717, 1.165) is 9.54 Å². The van der Waals surface area contributed by atoms with Crippen LogP contribution in [0, 0.1) is 0 Å². The lowest BCUT2D eigenvalue weighted by Crippen LogP contribution is -2.18. The number of thiophene rings is 1. The van der Waals surface area contributed by atoms with Crippen molar-refractivity contribution in [3.63, 3.8) is 0 Å². The van der Waals surface area contributed by atoms with E-state index in [9.17, 15) is 0 Å². The molecule has 2 nitrogen and oxygen atoms in total. The van der Waals surface area contributed by atoms with Crippen molar-refractivity contribution in [2.45, 2.75) is 26.0 Å². The predicted octanol–water partition coefficient (Wildman–Crippen LogP) is 4.61. The van der Waals surface area contributed by atoms with Crippen molar-refractivity contribution < 1.29 is 4.74 Å². The molecule has 0 bridgehead atoms. The van der Waals surface area contributed by atoms with Crippen molar-refractivity contribution in [1.29, 1.82) is 0 Å². The van der Waals surface area contributed by atoms with Crippen LogP contribution in [-0.2, 0) is 0 Å². The van der Waals surface area contributed by atoms with Crippen LogP contribution in [0.3, 0.4) is 0 Å². The number of para-hydroxylation sites is 1. The van der Waals surface area contributed by atoms with Gasteiger partial charge >= 0.3 is 0 Å². The molecule has 1 aromatic carbocycles. The van der Waals surface area contributed by atoms with Crippen molar-refractivity contribution in [2.24, 2.45) is 0 Å². The van der Waals surface area contributed by atoms with Gasteiger partial charge in [0.25, 0.3) is 0 Å². The zero-order valence-electron chi connectivity index (χ0n) is 11.3. The SMILES string of the molecule is CNC(c1ccc(Br)s1)c1ccccc1OC(C)C. The highest BCUT2D eigenvalue weighted by molar-refractivity contribution is 9.11. The Labute approximate surface area is 126 Å². The minimum absolute atomic E-state index is 0.159. The fourth-order valence-corrected chi connectivity index (χ4v) is 3.57. The van der Waals surface area contributed by atoms with Crippen LogP contribution in [0.2, 0.25) is 0 Å². The van der Waals surface area contributed by atoms with Gasteiger partial charge in [-0.05, 0) is 55.0 Å². The average molecular weight is 340 g/mol. The largest absolute Gasteiger partial charge is 0.491 e. The Morgan fingerprint density at radius 1 is 1.16 bits per heavy atom. The number of nitrogens with one attached hydrogen (secondary N) is 1. The number of halogens is 1. The normalized spacial score (nSPS) is 12.7. The summed E-state index contributed by atoms with van der Waals surface area (Å²) in [5, 5.41) is 3.37. The van der Waals surface area contributed by atoms with E-state index < -0.39 is 0 Å². The summed E-state index contributed by atoms with van der Waals surface area (Å²) in [5.74, 6) is 0.946. The molecule has 102 valence electrons. The third-order valence-corrected chi connectivity index (χ3v) is 4.45. The highest BCUT2D eigenvalue weighted by Crippen LogP contribution is 2.35. The molecule has 2 rings (SSSR count). The van der Waals surface area contributed by atoms with Gasteiger partial charge in [0.05, 0.1) is 15.9 Å². The zero-order valence-corrected chi connectivity index (χ0v) is 13.7. The molecule has 1 aromatic heterocycles. The average Bonchev–Trinajstić information content (AvgIpc) is 2.78. The highest BCUT2D eigenvalue weighted by atomic mass is 79.9. The third-order valence-electron chi connectivity index (χ3n) is 2.76. The number of hydrogen-bond donors (Lipinski definition) is 1. The molecule has 1 heterocycles. The molecule has 0 aliphatic heterocycles. The van der Waals surface area contributed by atoms with E-state index in [1.54, 1.807) is 11.3 Å². The van der Waals surface area contributed by atoms with E-state index in [0.29, 0.717) is 0 Å². The zero-order chi connectivity index (χ0) is 13.8. The van der Waals surface area contributed by atoms with E-state index in [-0.39, 0.29) is 12.1 Å². The molecule has 0 aliphatic rings. The Kier molecular flexibility index (Phi) is 5.02. The lowest BCUT2D eigenvalue weighted by Gasteiger charge is -2.20. The molecule has 0 radical (unpaired) electrons. The van der Waals surface area contributed by atoms with Gasteiger partial charge in [0.2, 0.25) is 0 Å². The molecule has 0 saturated carbocycles. The van der Waals surface area contributed by atoms with Crippen molar-refractivity contribution in [1.82, 2.24) is 5.32 Å². The van der Waals surface area contributed by atoms with E-state index in [2.05, 4.69) is 45.5 Å². The summed E-state index contributed by atoms with van der Waals surface area (Å²) in [6.07, 6.45) is 0.175. The van der Waals surface area contributed by atoms with Crippen molar-refractivity contribution in [3.05, 3.63) is 50.6 Å². The van der Waals surface area contributed by atoms with Gasteiger partial charge < -0.3 is 10.1 Å². The molecule has 0 saturated heterocycles. The molecule has 19 heavy (non-hydrogen) atoms. The molecule has 2 aromatic rings. The maximum Gasteiger partial charge on any atom is 0.124 e. The maximum absolute atomic E-state index is 5.91. The number of hydrogen-bond acceptors (Lipinski definition) is 3. The summed E-state index contributed by atoms with van der Waals surface area (Å²) < 4.78 is 7.05. The highest BCUT2D eigenvalue weighted by Gasteiger charge is 2.18. The van der Waals surface area contributed by atoms with Crippen LogP contribution in [0.1, 0.15) is 30.3 Å². The van der Waals surface area contributed by atoms with Crippen LogP contribution in [0.25, 0.3) is 0 Å². The standard InChI is InChI=1S/C15H18BrNOS/c1-10(2)18-12-7-5-4-6-11(12)15(17-3)13-8-9-14(16)19-13/h4-10,15,17H,1-3H3. The van der Waals surface area contributed by atoms with Crippen LogP contribution in [0.15, 0.2) is 40.2 Å². The monoisotopic (exact) mass is 339 g/mol. The second-order valence-electron chi connectivity index (χ2n) is 4.57. The van der Waals surface area contributed by atoms with Crippen LogP contribution in [-0.4, -0.2) is 13.2 Å². The molecule has 1 unspecified atom stereocenters. The third kappa shape index (κ3) is 3.59. The van der Waals surface area contributed by atoms with E-state index in [1.165, 1.54) is 10.4 Å². The van der Waals surface area contributed by atoms with E-state index in [4.69, 9.17) is 4.74 Å². The quantitative estimate of drug-likeness (QED) is 0.858. The summed E-state index contributed by atoms with van der Waals surface area (Å²) in [4.78, 5) is 1.27. The minimum atomic E-state index is 0.159. The summed E-state index contributed by atoms with van der Waals surface area (Å²) in [6, 6.07) is 12.6. The van der Waals surface area contributed by atoms with Gasteiger partial charge in [-0.15, -0.1) is 11.3 Å². The second-order valence-corrected chi connectivity index (χ2v) is 7.06. The van der Waals surface area contributed by atoms with Gasteiger partial charge in [-0.1, -0.05) is 18.2 Å². The fraction of sp³-hybridized carbons (Fsp3) is 0.333. The Morgan fingerprint density at radius 2 is 1.89 bits per heavy atom. The summed E-state index contributed by atoms with van der Waals surface area (Å²) in [5.41, 5.74) is 1.17. The fourth-order valence-electron chi connectivity index (χ4n) is 2.01. The molecule has 1 N–H and O–H groups in total. The van der Waals surface area contributed by atoms with Crippen molar-refractivity contribution >= 4 is 27.3 Å². The van der Waals surface area contributed by atoms with Crippen molar-refractivity contribution in [2.75, 3.05) is 7.05 Å². The van der Waals surface area contributed by atoms with Crippen LogP contribution in [0.4, 0.5) is 0 Å². The Balaban J connectivity index is 2.38. The molecule has 0 aliphatic carbocycles. The topological polar surface area (TPSA) is 21.3 Å². The Hall–Kier alpha value is -0.840. The Morgan fingerprint density at radius 3 is 2.47 bits per heavy atom. The smallest absolute Gasteiger partial charge is 0.124 e. The van der Waals surface area contributed by atoms with E-state index in [1.807, 2.05) is 33.0 Å². The summed E-state index contributed by atoms with van der Waals surface area (Å²) in [7, 11) is 1.98. The van der Waals surface area contributed by atoms with Gasteiger partial charge in [0.15, 0.2) is 0 Å². The van der Waals surface area contributed by atoms with Crippen molar-refractivity contribution in [3.8, 4) is 5.75 Å². The molecule has 1 atom stereocenters. The first-order valence-electron chi connectivity index (χ1n) is 6.30. The molecular formula is C15H18BrNOS. The summed E-state index contributed by atoms with van der Waals surface area (Å²) >= 11 is 5.26. The predicted molar refractivity (Wildman–Crippen MR) is 85.1 cm³/mol. The van der Waals surface area contributed by atoms with Gasteiger partial charge in [-0.2, -0.15) is 0 Å². The number of rotatable bonds is 5. The first kappa shape index (κ1) is 14.6. The van der Waals surface area contributed by atoms with Gasteiger partial charge in [0, 0.05) is 10.4 Å².